The van der Waals surface area contributed by atoms with Gasteiger partial charge in [0.2, 0.25) is 0 Å². The second-order valence-electron chi connectivity index (χ2n) is 2.77. The van der Waals surface area contributed by atoms with Gasteiger partial charge < -0.3 is 4.42 Å². The fraction of sp³-hybridized carbons (Fsp3) is 0.556. The normalized spacial score (nSPS) is 10.4. The number of hydrogen-bond acceptors (Lipinski definition) is 1. The lowest BCUT2D eigenvalue weighted by Crippen LogP contribution is -1.94. The van der Waals surface area contributed by atoms with Crippen LogP contribution in [0.5, 0.6) is 0 Å². The van der Waals surface area contributed by atoms with E-state index in [1.54, 1.807) is 6.26 Å². The summed E-state index contributed by atoms with van der Waals surface area (Å²) in [6, 6.07) is 2.05. The monoisotopic (exact) mass is 170 g/mol. The highest BCUT2D eigenvalue weighted by Crippen LogP contribution is 2.07. The Hall–Kier alpha value is -0.290. The Bertz CT molecular complexity index is 205. The first kappa shape index (κ1) is 8.80. The van der Waals surface area contributed by atoms with Crippen LogP contribution in [0.25, 0.3) is 0 Å². The van der Waals surface area contributed by atoms with Gasteiger partial charge in [-0.1, -0.05) is 29.0 Å². The molecule has 0 aliphatic heterocycles. The van der Waals surface area contributed by atoms with Gasteiger partial charge in [0, 0.05) is 0 Å². The molecule has 0 aliphatic carbocycles. The Morgan fingerprint density at radius 1 is 1.45 bits per heavy atom. The van der Waals surface area contributed by atoms with E-state index in [1.807, 2.05) is 0 Å². The minimum atomic E-state index is 1.00. The molecule has 0 saturated heterocycles. The topological polar surface area (TPSA) is 13.1 Å². The van der Waals surface area contributed by atoms with E-state index < -0.39 is 0 Å². The van der Waals surface area contributed by atoms with Gasteiger partial charge in [-0.15, -0.1) is 0 Å². The van der Waals surface area contributed by atoms with Crippen molar-refractivity contribution in [1.29, 1.82) is 0 Å². The summed E-state index contributed by atoms with van der Waals surface area (Å²) >= 11 is 0. The van der Waals surface area contributed by atoms with Gasteiger partial charge in [0.05, 0.1) is 6.26 Å². The molecule has 1 rings (SSSR count). The highest BCUT2D eigenvalue weighted by molar-refractivity contribution is 7.26. The maximum absolute atomic E-state index is 5.16. The van der Waals surface area contributed by atoms with Crippen LogP contribution in [-0.4, -0.2) is 0 Å². The Balaban J connectivity index is 2.32. The predicted octanol–water partition coefficient (Wildman–Crippen LogP) is 2.51. The van der Waals surface area contributed by atoms with E-state index in [1.165, 1.54) is 24.8 Å². The second-order valence-corrected chi connectivity index (χ2v) is 3.29. The lowest BCUT2D eigenvalue weighted by atomic mass is 10.1. The molecule has 0 fully saturated rings. The quantitative estimate of drug-likeness (QED) is 0.500. The zero-order valence-corrected chi connectivity index (χ0v) is 8.12. The molecule has 0 bridgehead atoms. The fourth-order valence-corrected chi connectivity index (χ4v) is 1.44. The molecule has 62 valence electrons. The van der Waals surface area contributed by atoms with E-state index in [0.717, 1.165) is 11.9 Å². The summed E-state index contributed by atoms with van der Waals surface area (Å²) in [4.78, 5) is 0. The first-order valence-corrected chi connectivity index (χ1v) is 4.74. The molecule has 1 unspecified atom stereocenters. The summed E-state index contributed by atoms with van der Waals surface area (Å²) in [7, 11) is 2.62. The average Bonchev–Trinajstić information content (AvgIpc) is 2.37. The van der Waals surface area contributed by atoms with Gasteiger partial charge in [0.1, 0.15) is 5.50 Å². The number of furan rings is 1. The molecule has 0 amide bonds. The molecule has 0 N–H and O–H groups in total. The summed E-state index contributed by atoms with van der Waals surface area (Å²) in [6.07, 6.45) is 6.78. The summed E-state index contributed by atoms with van der Waals surface area (Å²) in [5.74, 6) is 0. The van der Waals surface area contributed by atoms with E-state index >= 15 is 0 Å². The van der Waals surface area contributed by atoms with Crippen LogP contribution in [0.4, 0.5) is 0 Å². The molecule has 11 heavy (non-hydrogen) atoms. The van der Waals surface area contributed by atoms with E-state index in [4.69, 9.17) is 4.42 Å². The molecular formula is C9H15OP. The van der Waals surface area contributed by atoms with Crippen LogP contribution in [-0.2, 0) is 6.42 Å². The molecule has 0 aromatic carbocycles. The standard InChI is InChI=1S/C9H15OP/c1-2-3-4-5-8-6-7-10-9(8)11/h6-7H,2-5,11H2,1H3. The van der Waals surface area contributed by atoms with Crippen molar-refractivity contribution < 1.29 is 4.42 Å². The van der Waals surface area contributed by atoms with Crippen LogP contribution < -0.4 is 5.50 Å². The second kappa shape index (κ2) is 4.56. The van der Waals surface area contributed by atoms with E-state index in [9.17, 15) is 0 Å². The molecule has 0 aliphatic rings. The molecule has 0 spiro atoms. The van der Waals surface area contributed by atoms with E-state index in [2.05, 4.69) is 22.2 Å². The van der Waals surface area contributed by atoms with Crippen LogP contribution in [0.3, 0.4) is 0 Å². The Kier molecular flexibility index (Phi) is 3.65. The van der Waals surface area contributed by atoms with Gasteiger partial charge in [-0.2, -0.15) is 0 Å². The first-order valence-electron chi connectivity index (χ1n) is 4.16. The highest BCUT2D eigenvalue weighted by Gasteiger charge is 1.99. The van der Waals surface area contributed by atoms with Crippen LogP contribution in [0, 0.1) is 0 Å². The molecule has 0 radical (unpaired) electrons. The number of hydrogen-bond donors (Lipinski definition) is 0. The minimum Gasteiger partial charge on any atom is -0.465 e. The highest BCUT2D eigenvalue weighted by atomic mass is 31.0. The lowest BCUT2D eigenvalue weighted by molar-refractivity contribution is 0.600. The zero-order chi connectivity index (χ0) is 8.10. The Morgan fingerprint density at radius 3 is 2.82 bits per heavy atom. The Morgan fingerprint density at radius 2 is 2.27 bits per heavy atom. The average molecular weight is 170 g/mol. The summed E-state index contributed by atoms with van der Waals surface area (Å²) < 4.78 is 5.16. The summed E-state index contributed by atoms with van der Waals surface area (Å²) in [5.41, 5.74) is 2.34. The molecule has 1 nitrogen and oxygen atoms in total. The summed E-state index contributed by atoms with van der Waals surface area (Å²) in [5, 5.41) is 0. The number of unbranched alkanes of at least 4 members (excludes halogenated alkanes) is 2. The van der Waals surface area contributed by atoms with Crippen molar-refractivity contribution in [3.8, 4) is 0 Å². The molecule has 1 aromatic heterocycles. The summed E-state index contributed by atoms with van der Waals surface area (Å²) in [6.45, 7) is 2.22. The van der Waals surface area contributed by atoms with Gasteiger partial charge in [-0.25, -0.2) is 0 Å². The van der Waals surface area contributed by atoms with E-state index in [-0.39, 0.29) is 0 Å². The fourth-order valence-electron chi connectivity index (χ4n) is 1.12. The predicted molar refractivity (Wildman–Crippen MR) is 51.3 cm³/mol. The SMILES string of the molecule is CCCCCc1ccoc1P. The molecule has 2 heteroatoms. The third-order valence-corrected chi connectivity index (χ3v) is 2.34. The third kappa shape index (κ3) is 2.67. The lowest BCUT2D eigenvalue weighted by Gasteiger charge is -1.96. The number of aryl methyl sites for hydroxylation is 1. The Labute approximate surface area is 70.4 Å². The van der Waals surface area contributed by atoms with Crippen molar-refractivity contribution >= 4 is 14.7 Å². The van der Waals surface area contributed by atoms with Crippen molar-refractivity contribution in [2.75, 3.05) is 0 Å². The van der Waals surface area contributed by atoms with Gasteiger partial charge >= 0.3 is 0 Å². The van der Waals surface area contributed by atoms with Crippen molar-refractivity contribution in [1.82, 2.24) is 0 Å². The van der Waals surface area contributed by atoms with Crippen LogP contribution >= 0.6 is 9.24 Å². The van der Waals surface area contributed by atoms with Crippen molar-refractivity contribution in [3.63, 3.8) is 0 Å². The smallest absolute Gasteiger partial charge is 0.122 e. The van der Waals surface area contributed by atoms with Crippen molar-refractivity contribution in [3.05, 3.63) is 17.9 Å². The molecule has 1 atom stereocenters. The van der Waals surface area contributed by atoms with Crippen molar-refractivity contribution in [2.45, 2.75) is 32.6 Å². The van der Waals surface area contributed by atoms with Crippen LogP contribution in [0.1, 0.15) is 31.7 Å². The van der Waals surface area contributed by atoms with Gasteiger partial charge in [-0.05, 0) is 24.5 Å². The maximum atomic E-state index is 5.16. The minimum absolute atomic E-state index is 1.00. The van der Waals surface area contributed by atoms with Gasteiger partial charge in [-0.3, -0.25) is 0 Å². The maximum Gasteiger partial charge on any atom is 0.122 e. The molecular weight excluding hydrogens is 155 g/mol. The zero-order valence-electron chi connectivity index (χ0n) is 6.97. The largest absolute Gasteiger partial charge is 0.465 e. The van der Waals surface area contributed by atoms with Crippen LogP contribution in [0.2, 0.25) is 0 Å². The van der Waals surface area contributed by atoms with Crippen LogP contribution in [0.15, 0.2) is 16.7 Å². The molecule has 1 aromatic rings. The van der Waals surface area contributed by atoms with Gasteiger partial charge in [0.25, 0.3) is 0 Å². The van der Waals surface area contributed by atoms with E-state index in [0.29, 0.717) is 0 Å². The molecule has 1 heterocycles. The third-order valence-electron chi connectivity index (χ3n) is 1.83. The first-order chi connectivity index (χ1) is 5.34. The van der Waals surface area contributed by atoms with Crippen molar-refractivity contribution in [2.24, 2.45) is 0 Å². The van der Waals surface area contributed by atoms with Gasteiger partial charge in [0.15, 0.2) is 0 Å². The molecule has 0 saturated carbocycles. The number of rotatable bonds is 4.